The molecule has 3 nitrogen and oxygen atoms in total. The summed E-state index contributed by atoms with van der Waals surface area (Å²) in [6.45, 7) is 1.50. The Labute approximate surface area is 149 Å². The van der Waals surface area contributed by atoms with Gasteiger partial charge >= 0.3 is 0 Å². The molecule has 4 rings (SSSR count). The number of aromatic amines is 1. The van der Waals surface area contributed by atoms with Gasteiger partial charge in [-0.25, -0.2) is 13.8 Å². The maximum absolute atomic E-state index is 13.7. The highest BCUT2D eigenvalue weighted by Gasteiger charge is 2.24. The van der Waals surface area contributed by atoms with Crippen LogP contribution in [0, 0.1) is 11.6 Å². The zero-order valence-corrected chi connectivity index (χ0v) is 14.3. The van der Waals surface area contributed by atoms with E-state index in [9.17, 15) is 8.78 Å². The van der Waals surface area contributed by atoms with Crippen molar-refractivity contribution in [2.24, 2.45) is 0 Å². The third-order valence-electron chi connectivity index (χ3n) is 4.35. The first-order valence-corrected chi connectivity index (χ1v) is 9.02. The number of aromatic nitrogens is 2. The van der Waals surface area contributed by atoms with Crippen molar-refractivity contribution in [3.05, 3.63) is 77.9 Å². The third kappa shape index (κ3) is 3.39. The molecule has 0 saturated carbocycles. The molecule has 128 valence electrons. The van der Waals surface area contributed by atoms with Gasteiger partial charge in [-0.05, 0) is 36.2 Å². The summed E-state index contributed by atoms with van der Waals surface area (Å²) in [5.41, 5.74) is 1.97. The molecule has 0 bridgehead atoms. The van der Waals surface area contributed by atoms with Crippen molar-refractivity contribution in [3.8, 4) is 0 Å². The maximum atomic E-state index is 13.7. The van der Waals surface area contributed by atoms with Crippen molar-refractivity contribution >= 4 is 17.4 Å². The van der Waals surface area contributed by atoms with Gasteiger partial charge in [-0.2, -0.15) is 0 Å². The average Bonchev–Trinajstić information content (AvgIpc) is 3.06. The minimum absolute atomic E-state index is 0.0813. The summed E-state index contributed by atoms with van der Waals surface area (Å²) in [6.07, 6.45) is 4.40. The molecule has 1 aromatic heterocycles. The van der Waals surface area contributed by atoms with Gasteiger partial charge in [0, 0.05) is 29.1 Å². The molecule has 0 saturated heterocycles. The number of H-pyrrole nitrogens is 1. The fourth-order valence-electron chi connectivity index (χ4n) is 3.10. The number of hydrogen-bond acceptors (Lipinski definition) is 3. The van der Waals surface area contributed by atoms with Gasteiger partial charge < -0.3 is 9.88 Å². The molecule has 0 unspecified atom stereocenters. The minimum Gasteiger partial charge on any atom is -0.363 e. The summed E-state index contributed by atoms with van der Waals surface area (Å²) in [5, 5.41) is 0.0813. The Morgan fingerprint density at radius 1 is 1.16 bits per heavy atom. The van der Waals surface area contributed by atoms with E-state index in [2.05, 4.69) is 27.0 Å². The van der Waals surface area contributed by atoms with Crippen LogP contribution < -0.4 is 4.90 Å². The number of rotatable bonds is 3. The molecule has 1 N–H and O–H groups in total. The lowest BCUT2D eigenvalue weighted by Crippen LogP contribution is -2.24. The first-order chi connectivity index (χ1) is 12.2. The van der Waals surface area contributed by atoms with Gasteiger partial charge in [0.1, 0.15) is 5.82 Å². The summed E-state index contributed by atoms with van der Waals surface area (Å²) < 4.78 is 26.9. The van der Waals surface area contributed by atoms with Crippen LogP contribution in [0.1, 0.15) is 23.1 Å². The first-order valence-electron chi connectivity index (χ1n) is 8.14. The number of nitrogens with zero attached hydrogens (tertiary/aromatic N) is 2. The van der Waals surface area contributed by atoms with E-state index >= 15 is 0 Å². The SMILES string of the molecule is Fc1ccc([C@@H]2CCN(Cc3ncc[nH]3)c3ccccc3S2)cc1F. The molecule has 0 fully saturated rings. The zero-order valence-electron chi connectivity index (χ0n) is 13.5. The van der Waals surface area contributed by atoms with E-state index < -0.39 is 11.6 Å². The largest absolute Gasteiger partial charge is 0.363 e. The predicted octanol–water partition coefficient (Wildman–Crippen LogP) is 4.93. The molecule has 1 aliphatic rings. The molecule has 1 atom stereocenters. The van der Waals surface area contributed by atoms with E-state index in [0.29, 0.717) is 6.54 Å². The van der Waals surface area contributed by atoms with Crippen LogP contribution in [0.4, 0.5) is 14.5 Å². The molecular weight excluding hydrogens is 340 g/mol. The van der Waals surface area contributed by atoms with E-state index in [1.54, 1.807) is 24.0 Å². The second-order valence-electron chi connectivity index (χ2n) is 5.99. The second kappa shape index (κ2) is 6.88. The molecule has 0 radical (unpaired) electrons. The van der Waals surface area contributed by atoms with Crippen LogP contribution in [0.5, 0.6) is 0 Å². The molecular formula is C19H17F2N3S. The highest BCUT2D eigenvalue weighted by Crippen LogP contribution is 2.45. The van der Waals surface area contributed by atoms with Crippen LogP contribution in [0.2, 0.25) is 0 Å². The average molecular weight is 357 g/mol. The number of imidazole rings is 1. The van der Waals surface area contributed by atoms with Crippen LogP contribution >= 0.6 is 11.8 Å². The van der Waals surface area contributed by atoms with Gasteiger partial charge in [-0.1, -0.05) is 18.2 Å². The first kappa shape index (κ1) is 16.1. The Bertz CT molecular complexity index is 867. The molecule has 6 heteroatoms. The predicted molar refractivity (Wildman–Crippen MR) is 95.7 cm³/mol. The molecule has 0 aliphatic carbocycles. The van der Waals surface area contributed by atoms with Crippen molar-refractivity contribution in [1.29, 1.82) is 0 Å². The van der Waals surface area contributed by atoms with Gasteiger partial charge in [-0.3, -0.25) is 0 Å². The Morgan fingerprint density at radius 3 is 2.84 bits per heavy atom. The highest BCUT2D eigenvalue weighted by molar-refractivity contribution is 7.99. The molecule has 3 aromatic rings. The summed E-state index contributed by atoms with van der Waals surface area (Å²) >= 11 is 1.70. The lowest BCUT2D eigenvalue weighted by Gasteiger charge is -2.23. The summed E-state index contributed by atoms with van der Waals surface area (Å²) in [6, 6.07) is 12.4. The summed E-state index contributed by atoms with van der Waals surface area (Å²) in [7, 11) is 0. The van der Waals surface area contributed by atoms with Gasteiger partial charge in [0.05, 0.1) is 12.2 Å². The number of halogens is 2. The molecule has 0 spiro atoms. The smallest absolute Gasteiger partial charge is 0.159 e. The Balaban J connectivity index is 1.64. The van der Waals surface area contributed by atoms with E-state index in [1.165, 1.54) is 12.1 Å². The highest BCUT2D eigenvalue weighted by atomic mass is 32.2. The van der Waals surface area contributed by atoms with Crippen molar-refractivity contribution in [2.75, 3.05) is 11.4 Å². The molecule has 2 heterocycles. The molecule has 0 amide bonds. The van der Waals surface area contributed by atoms with Gasteiger partial charge in [0.15, 0.2) is 11.6 Å². The normalized spacial score (nSPS) is 17.2. The van der Waals surface area contributed by atoms with Crippen LogP contribution in [0.3, 0.4) is 0 Å². The van der Waals surface area contributed by atoms with E-state index in [0.717, 1.165) is 34.9 Å². The monoisotopic (exact) mass is 357 g/mol. The van der Waals surface area contributed by atoms with E-state index in [-0.39, 0.29) is 5.25 Å². The van der Waals surface area contributed by atoms with Crippen LogP contribution in [-0.2, 0) is 6.54 Å². The summed E-state index contributed by atoms with van der Waals surface area (Å²) in [5.74, 6) is -0.684. The topological polar surface area (TPSA) is 31.9 Å². The minimum atomic E-state index is -0.804. The van der Waals surface area contributed by atoms with Gasteiger partial charge in [0.25, 0.3) is 0 Å². The van der Waals surface area contributed by atoms with Crippen LogP contribution in [-0.4, -0.2) is 16.5 Å². The number of nitrogens with one attached hydrogen (secondary N) is 1. The second-order valence-corrected chi connectivity index (χ2v) is 7.24. The third-order valence-corrected chi connectivity index (χ3v) is 5.74. The van der Waals surface area contributed by atoms with Crippen LogP contribution in [0.15, 0.2) is 59.8 Å². The number of benzene rings is 2. The quantitative estimate of drug-likeness (QED) is 0.721. The van der Waals surface area contributed by atoms with Crippen molar-refractivity contribution in [1.82, 2.24) is 9.97 Å². The molecule has 2 aromatic carbocycles. The lowest BCUT2D eigenvalue weighted by molar-refractivity contribution is 0.506. The fourth-order valence-corrected chi connectivity index (χ4v) is 4.39. The van der Waals surface area contributed by atoms with Gasteiger partial charge in [-0.15, -0.1) is 11.8 Å². The van der Waals surface area contributed by atoms with Crippen molar-refractivity contribution in [3.63, 3.8) is 0 Å². The number of para-hydroxylation sites is 1. The number of thioether (sulfide) groups is 1. The van der Waals surface area contributed by atoms with Crippen molar-refractivity contribution < 1.29 is 8.78 Å². The zero-order chi connectivity index (χ0) is 17.2. The Kier molecular flexibility index (Phi) is 4.44. The van der Waals surface area contributed by atoms with Gasteiger partial charge in [0.2, 0.25) is 0 Å². The number of fused-ring (bicyclic) bond motifs is 1. The van der Waals surface area contributed by atoms with Crippen molar-refractivity contribution in [2.45, 2.75) is 23.1 Å². The number of anilines is 1. The van der Waals surface area contributed by atoms with E-state index in [1.807, 2.05) is 18.3 Å². The Morgan fingerprint density at radius 2 is 2.04 bits per heavy atom. The van der Waals surface area contributed by atoms with Crippen LogP contribution in [0.25, 0.3) is 0 Å². The summed E-state index contributed by atoms with van der Waals surface area (Å²) in [4.78, 5) is 10.9. The fraction of sp³-hybridized carbons (Fsp3) is 0.211. The van der Waals surface area contributed by atoms with E-state index in [4.69, 9.17) is 0 Å². The molecule has 1 aliphatic heterocycles. The Hall–Kier alpha value is -2.34. The lowest BCUT2D eigenvalue weighted by atomic mass is 10.1. The number of hydrogen-bond donors (Lipinski definition) is 1. The maximum Gasteiger partial charge on any atom is 0.159 e. The standard InChI is InChI=1S/C19H17F2N3S/c20-14-6-5-13(11-15(14)21)17-7-10-24(12-19-22-8-9-23-19)16-3-1-2-4-18(16)25-17/h1-6,8-9,11,17H,7,10,12H2,(H,22,23)/t17-/m0/s1. The molecule has 25 heavy (non-hydrogen) atoms.